The van der Waals surface area contributed by atoms with E-state index in [4.69, 9.17) is 85.3 Å². The summed E-state index contributed by atoms with van der Waals surface area (Å²) in [5, 5.41) is 242. The van der Waals surface area contributed by atoms with Gasteiger partial charge in [-0.1, -0.05) is 79.2 Å². The van der Waals surface area contributed by atoms with Crippen LogP contribution in [-0.2, 0) is 104 Å². The van der Waals surface area contributed by atoms with E-state index >= 15 is 4.79 Å². The maximum atomic E-state index is 16.6. The van der Waals surface area contributed by atoms with Crippen molar-refractivity contribution in [2.45, 2.75) is 392 Å². The highest BCUT2D eigenvalue weighted by Gasteiger charge is 2.74. The van der Waals surface area contributed by atoms with Crippen LogP contribution in [0.1, 0.15) is 154 Å². The number of ether oxygens (including phenoxy) is 18. The van der Waals surface area contributed by atoms with E-state index in [1.165, 1.54) is 32.9 Å². The van der Waals surface area contributed by atoms with Crippen molar-refractivity contribution < 1.29 is 212 Å². The molecule has 44 nitrogen and oxygen atoms in total. The SMILES string of the molecule is C=CC(C)(O)CC/C=C(\C)C(=O)OCC1OC(OC(=O)C23CCC4(C)C(=CCC5C6(C)CCC(OC7OC(COC8OC(CO)C(O)C(O)C8O)C(OC8OCC(O)C(O)C8OC8OCC(O)C(O)C8O)C(O)C7NC(C)=O)C(C)(C)C6CCC54C)C2CC(C)(C)C(O)C3O)C(OC2OCC(OC3OCC(O)(CC)C3O)C(O)C2O)C(O)C1OC1OC(CO)C(OC(C)=O)C(O)C1O. The Morgan fingerprint density at radius 3 is 1.76 bits per heavy atom. The maximum Gasteiger partial charge on any atom is 0.333 e. The molecule has 0 bridgehead atoms. The van der Waals surface area contributed by atoms with Crippen LogP contribution in [0.3, 0.4) is 0 Å². The summed E-state index contributed by atoms with van der Waals surface area (Å²) in [4.78, 5) is 56.4. The van der Waals surface area contributed by atoms with Crippen LogP contribution in [0.25, 0.3) is 0 Å². The summed E-state index contributed by atoms with van der Waals surface area (Å²) in [6, 6.07) is -1.52. The molecule has 760 valence electrons. The predicted octanol–water partition coefficient (Wildman–Crippen LogP) is -5.89. The Bertz CT molecular complexity index is 4050. The Labute approximate surface area is 769 Å². The van der Waals surface area contributed by atoms with Crippen LogP contribution < -0.4 is 5.32 Å². The lowest BCUT2D eigenvalue weighted by atomic mass is 9.33. The second kappa shape index (κ2) is 41.3. The molecule has 0 aromatic carbocycles. The molecule has 12 fully saturated rings. The van der Waals surface area contributed by atoms with Gasteiger partial charge in [0.1, 0.15) is 164 Å². The average molecular weight is 1910 g/mol. The molecule has 5 aliphatic carbocycles. The number of amides is 1. The van der Waals surface area contributed by atoms with Crippen molar-refractivity contribution in [1.29, 1.82) is 0 Å². The lowest BCUT2D eigenvalue weighted by Crippen LogP contribution is -2.70. The van der Waals surface area contributed by atoms with Crippen LogP contribution in [0, 0.1) is 50.2 Å². The van der Waals surface area contributed by atoms with Gasteiger partial charge in [0.25, 0.3) is 0 Å². The molecule has 1 amide bonds. The molecule has 13 aliphatic rings. The molecule has 0 radical (unpaired) electrons. The van der Waals surface area contributed by atoms with E-state index in [1.807, 2.05) is 13.8 Å². The van der Waals surface area contributed by atoms with Gasteiger partial charge in [-0.15, -0.1) is 6.58 Å². The Morgan fingerprint density at radius 2 is 1.12 bits per heavy atom. The molecule has 13 rings (SSSR count). The third-order valence-corrected chi connectivity index (χ3v) is 31.8. The second-order valence-corrected chi connectivity index (χ2v) is 40.9. The van der Waals surface area contributed by atoms with Crippen LogP contribution in [-0.4, -0.2) is 422 Å². The van der Waals surface area contributed by atoms with E-state index in [0.717, 1.165) is 12.5 Å². The zero-order valence-electron chi connectivity index (χ0n) is 76.8. The topological polar surface area (TPSA) is 671 Å². The summed E-state index contributed by atoms with van der Waals surface area (Å²) in [7, 11) is 0. The highest BCUT2D eigenvalue weighted by Crippen LogP contribution is 2.76. The minimum Gasteiger partial charge on any atom is -0.459 e. The van der Waals surface area contributed by atoms with Crippen LogP contribution in [0.15, 0.2) is 36.0 Å². The van der Waals surface area contributed by atoms with Gasteiger partial charge in [0.15, 0.2) is 56.2 Å². The quantitative estimate of drug-likeness (QED) is 0.0109. The highest BCUT2D eigenvalue weighted by atomic mass is 16.8. The van der Waals surface area contributed by atoms with Gasteiger partial charge >= 0.3 is 17.9 Å². The number of aliphatic hydroxyl groups excluding tert-OH is 19. The standard InChI is InChI=1S/C89H141NO43/c1-14-84(10,114)22-16-17-36(3)72(112)116-33-46-66(129-77-62(107)58(103)64(122-38(5)94)44(29-92)124-77)63(108)68(132-76-60(105)55(100)45(32-119-76)125-80-71(111)88(115,15-2)35-121-80)79(127-46)133-81(113)89-26-25-86(12)39(40(89)27-82(6,7)69(109)70(89)110)18-19-49-85(11)23-21-50(83(8,9)48(85)20-24-87(49,86)13)128-73-51(90-37(4)93)56(101)65(47(126-73)34-120-74-61(106)57(102)54(99)43(28-91)123-74)130-78-67(53(98)42(96)31-118-78)131-75-59(104)52(97)41(95)30-117-75/h14,17-18,40-71,73-80,91-92,95-111,114-115H,1,15-16,19-35H2,2-13H3,(H,90,93)/b36-17+. The van der Waals surface area contributed by atoms with Crippen molar-refractivity contribution in [3.8, 4) is 0 Å². The number of hydrogen-bond donors (Lipinski definition) is 22. The van der Waals surface area contributed by atoms with Crippen molar-refractivity contribution >= 4 is 23.8 Å². The molecular formula is C89H141NO43. The van der Waals surface area contributed by atoms with Gasteiger partial charge in [0.05, 0.1) is 70.2 Å². The number of carbonyl (C=O) groups excluding carboxylic acids is 4. The molecular weight excluding hydrogens is 1770 g/mol. The van der Waals surface area contributed by atoms with E-state index < -0.39 is 347 Å². The van der Waals surface area contributed by atoms with Gasteiger partial charge in [-0.25, -0.2) is 4.79 Å². The first kappa shape index (κ1) is 106. The van der Waals surface area contributed by atoms with Gasteiger partial charge in [0, 0.05) is 19.4 Å². The minimum absolute atomic E-state index is 0.0111. The molecule has 133 heavy (non-hydrogen) atoms. The summed E-state index contributed by atoms with van der Waals surface area (Å²) >= 11 is 0. The van der Waals surface area contributed by atoms with Gasteiger partial charge in [-0.05, 0) is 129 Å². The Hall–Kier alpha value is -4.34. The van der Waals surface area contributed by atoms with Gasteiger partial charge in [0.2, 0.25) is 12.2 Å². The first-order chi connectivity index (χ1) is 62.3. The largest absolute Gasteiger partial charge is 0.459 e. The number of esters is 3. The molecule has 8 heterocycles. The van der Waals surface area contributed by atoms with Crippen LogP contribution in [0.4, 0.5) is 0 Å². The Kier molecular flexibility index (Phi) is 32.9. The van der Waals surface area contributed by atoms with E-state index in [0.29, 0.717) is 32.1 Å². The van der Waals surface area contributed by atoms with Gasteiger partial charge < -0.3 is 198 Å². The van der Waals surface area contributed by atoms with E-state index in [1.54, 1.807) is 20.8 Å². The van der Waals surface area contributed by atoms with E-state index in [2.05, 4.69) is 38.7 Å². The number of allylic oxidation sites excluding steroid dienone is 3. The molecule has 8 aliphatic heterocycles. The van der Waals surface area contributed by atoms with E-state index in [9.17, 15) is 122 Å². The Morgan fingerprint density at radius 1 is 0.541 bits per heavy atom. The van der Waals surface area contributed by atoms with Crippen LogP contribution >= 0.6 is 0 Å². The summed E-state index contributed by atoms with van der Waals surface area (Å²) in [5.74, 6) is -5.08. The molecule has 22 N–H and O–H groups in total. The number of rotatable bonds is 29. The molecule has 46 atom stereocenters. The lowest BCUT2D eigenvalue weighted by molar-refractivity contribution is -0.381. The molecule has 0 aromatic rings. The fraction of sp³-hybridized carbons (Fsp3) is 0.888. The molecule has 0 aromatic heterocycles. The summed E-state index contributed by atoms with van der Waals surface area (Å²) in [5.41, 5.74) is -8.33. The van der Waals surface area contributed by atoms with Gasteiger partial charge in [-0.2, -0.15) is 0 Å². The third kappa shape index (κ3) is 20.2. The predicted molar refractivity (Wildman–Crippen MR) is 444 cm³/mol. The zero-order valence-corrected chi connectivity index (χ0v) is 76.8. The first-order valence-electron chi connectivity index (χ1n) is 46.0. The minimum atomic E-state index is -2.32. The fourth-order valence-electron chi connectivity index (χ4n) is 23.3. The molecule has 0 spiro atoms. The first-order valence-corrected chi connectivity index (χ1v) is 46.0. The van der Waals surface area contributed by atoms with E-state index in [-0.39, 0.29) is 62.5 Å². The van der Waals surface area contributed by atoms with Crippen LogP contribution in [0.2, 0.25) is 0 Å². The monoisotopic (exact) mass is 1910 g/mol. The molecule has 8 saturated heterocycles. The average Bonchev–Trinajstić information content (AvgIpc) is 0.877. The lowest BCUT2D eigenvalue weighted by Gasteiger charge is -2.71. The number of aliphatic hydroxyl groups is 21. The Balaban J connectivity index is 0.799. The number of nitrogens with one attached hydrogen (secondary N) is 1. The second-order valence-electron chi connectivity index (χ2n) is 40.9. The van der Waals surface area contributed by atoms with Crippen molar-refractivity contribution in [3.05, 3.63) is 36.0 Å². The van der Waals surface area contributed by atoms with Crippen molar-refractivity contribution in [1.82, 2.24) is 5.32 Å². The summed E-state index contributed by atoms with van der Waals surface area (Å²) in [6.45, 7) is 19.0. The third-order valence-electron chi connectivity index (χ3n) is 31.8. The van der Waals surface area contributed by atoms with Crippen LogP contribution in [0.5, 0.6) is 0 Å². The van der Waals surface area contributed by atoms with Crippen molar-refractivity contribution in [2.24, 2.45) is 50.2 Å². The molecule has 46 unspecified atom stereocenters. The summed E-state index contributed by atoms with van der Waals surface area (Å²) in [6.07, 6.45) is -57.7. The smallest absolute Gasteiger partial charge is 0.333 e. The molecule has 44 heteroatoms. The highest BCUT2D eigenvalue weighted by molar-refractivity contribution is 5.87. The number of carbonyl (C=O) groups is 4. The normalized spacial score (nSPS) is 49.2. The van der Waals surface area contributed by atoms with Gasteiger partial charge in [-0.3, -0.25) is 14.4 Å². The summed E-state index contributed by atoms with van der Waals surface area (Å²) < 4.78 is 110. The van der Waals surface area contributed by atoms with Crippen molar-refractivity contribution in [3.63, 3.8) is 0 Å². The fourth-order valence-corrected chi connectivity index (χ4v) is 23.3. The number of fused-ring (bicyclic) bond motifs is 7. The maximum absolute atomic E-state index is 16.6. The number of hydrogen-bond acceptors (Lipinski definition) is 43. The van der Waals surface area contributed by atoms with Crippen molar-refractivity contribution in [2.75, 3.05) is 52.9 Å². The molecule has 4 saturated carbocycles. The zero-order chi connectivity index (χ0) is 97.5.